The third-order valence-electron chi connectivity index (χ3n) is 3.02. The Kier molecular flexibility index (Phi) is 7.11. The summed E-state index contributed by atoms with van der Waals surface area (Å²) in [5.74, 6) is 0.163. The lowest BCUT2D eigenvalue weighted by atomic mass is 10.1. The first-order valence-electron chi connectivity index (χ1n) is 7.24. The molecule has 2 rings (SSSR count). The van der Waals surface area contributed by atoms with Crippen LogP contribution in [0, 0.1) is 0 Å². The Morgan fingerprint density at radius 1 is 1.04 bits per heavy atom. The number of rotatable bonds is 7. The normalized spacial score (nSPS) is 10.2. The molecule has 0 radical (unpaired) electrons. The first-order chi connectivity index (χ1) is 11.6. The maximum Gasteiger partial charge on any atom is 0.257 e. The molecule has 3 N–H and O–H groups in total. The fraction of sp³-hybridized carbons (Fsp3) is 0.176. The van der Waals surface area contributed by atoms with Crippen molar-refractivity contribution in [1.82, 2.24) is 0 Å². The van der Waals surface area contributed by atoms with E-state index >= 15 is 0 Å². The molecule has 2 aromatic rings. The number of carbonyl (C=O) groups excluding carboxylic acids is 2. The van der Waals surface area contributed by atoms with Gasteiger partial charge in [0.1, 0.15) is 0 Å². The summed E-state index contributed by atoms with van der Waals surface area (Å²) >= 11 is 7.15. The van der Waals surface area contributed by atoms with Gasteiger partial charge >= 0.3 is 0 Å². The zero-order valence-corrected chi connectivity index (χ0v) is 14.4. The topological polar surface area (TPSA) is 78.4 Å². The van der Waals surface area contributed by atoms with Gasteiger partial charge in [0.05, 0.1) is 23.6 Å². The predicted octanol–water partition coefficient (Wildman–Crippen LogP) is 3.26. The van der Waals surface area contributed by atoms with Gasteiger partial charge in [-0.15, -0.1) is 11.8 Å². The number of amides is 2. The Morgan fingerprint density at radius 3 is 2.46 bits per heavy atom. The minimum absolute atomic E-state index is 0.0258. The van der Waals surface area contributed by atoms with Crippen LogP contribution in [0.25, 0.3) is 0 Å². The molecule has 0 saturated heterocycles. The molecule has 2 aromatic carbocycles. The van der Waals surface area contributed by atoms with Crippen LogP contribution in [0.4, 0.5) is 11.4 Å². The molecule has 0 heterocycles. The molecule has 0 aliphatic carbocycles. The van der Waals surface area contributed by atoms with Crippen molar-refractivity contribution < 1.29 is 14.7 Å². The Morgan fingerprint density at radius 2 is 1.75 bits per heavy atom. The molecule has 0 aromatic heterocycles. The van der Waals surface area contributed by atoms with Gasteiger partial charge in [0, 0.05) is 16.5 Å². The van der Waals surface area contributed by atoms with Gasteiger partial charge in [-0.1, -0.05) is 23.7 Å². The van der Waals surface area contributed by atoms with Crippen LogP contribution in [0.1, 0.15) is 10.4 Å². The highest BCUT2D eigenvalue weighted by atomic mass is 35.5. The van der Waals surface area contributed by atoms with E-state index in [1.54, 1.807) is 48.5 Å². The Balaban J connectivity index is 2.05. The van der Waals surface area contributed by atoms with Crippen molar-refractivity contribution >= 4 is 46.6 Å². The number of thioether (sulfide) groups is 1. The van der Waals surface area contributed by atoms with Crippen LogP contribution in [0.15, 0.2) is 48.5 Å². The molecule has 0 aliphatic heterocycles. The van der Waals surface area contributed by atoms with Crippen molar-refractivity contribution in [1.29, 1.82) is 0 Å². The molecule has 126 valence electrons. The third-order valence-corrected chi connectivity index (χ3v) is 4.21. The van der Waals surface area contributed by atoms with Crippen LogP contribution < -0.4 is 10.6 Å². The highest BCUT2D eigenvalue weighted by Crippen LogP contribution is 2.19. The van der Waals surface area contributed by atoms with E-state index in [0.717, 1.165) is 0 Å². The van der Waals surface area contributed by atoms with Crippen molar-refractivity contribution in [2.75, 3.05) is 28.7 Å². The summed E-state index contributed by atoms with van der Waals surface area (Å²) in [5, 5.41) is 14.8. The zero-order chi connectivity index (χ0) is 17.4. The maximum absolute atomic E-state index is 12.4. The average Bonchev–Trinajstić information content (AvgIpc) is 2.57. The summed E-state index contributed by atoms with van der Waals surface area (Å²) in [7, 11) is 0. The van der Waals surface area contributed by atoms with Crippen molar-refractivity contribution in [2.45, 2.75) is 0 Å². The average molecular weight is 365 g/mol. The van der Waals surface area contributed by atoms with Crippen LogP contribution in [0.3, 0.4) is 0 Å². The number of carbonyl (C=O) groups is 2. The molecule has 0 bridgehead atoms. The van der Waals surface area contributed by atoms with E-state index in [4.69, 9.17) is 16.7 Å². The fourth-order valence-corrected chi connectivity index (χ4v) is 2.59. The van der Waals surface area contributed by atoms with E-state index in [1.807, 2.05) is 0 Å². The number of para-hydroxylation sites is 1. The first kappa shape index (κ1) is 18.3. The summed E-state index contributed by atoms with van der Waals surface area (Å²) in [6.07, 6.45) is 0. The summed E-state index contributed by atoms with van der Waals surface area (Å²) in [6.45, 7) is 0.0258. The number of aliphatic hydroxyl groups excluding tert-OH is 1. The van der Waals surface area contributed by atoms with Crippen LogP contribution in [0.5, 0.6) is 0 Å². The first-order valence-corrected chi connectivity index (χ1v) is 8.78. The second-order valence-corrected chi connectivity index (χ2v) is 6.37. The van der Waals surface area contributed by atoms with Crippen LogP contribution in [-0.2, 0) is 4.79 Å². The number of nitrogens with one attached hydrogen (secondary N) is 2. The number of hydrogen-bond acceptors (Lipinski definition) is 4. The Hall–Kier alpha value is -2.02. The van der Waals surface area contributed by atoms with Gasteiger partial charge in [-0.3, -0.25) is 9.59 Å². The largest absolute Gasteiger partial charge is 0.396 e. The van der Waals surface area contributed by atoms with E-state index in [-0.39, 0.29) is 24.2 Å². The highest BCUT2D eigenvalue weighted by molar-refractivity contribution is 7.99. The molecule has 5 nitrogen and oxygen atoms in total. The van der Waals surface area contributed by atoms with Crippen LogP contribution in [-0.4, -0.2) is 35.0 Å². The van der Waals surface area contributed by atoms with E-state index < -0.39 is 0 Å². The van der Waals surface area contributed by atoms with Gasteiger partial charge in [-0.2, -0.15) is 0 Å². The Labute approximate surface area is 149 Å². The smallest absolute Gasteiger partial charge is 0.257 e. The van der Waals surface area contributed by atoms with Crippen LogP contribution in [0.2, 0.25) is 5.02 Å². The van der Waals surface area contributed by atoms with E-state index in [2.05, 4.69) is 10.6 Å². The summed E-state index contributed by atoms with van der Waals surface area (Å²) in [4.78, 5) is 24.3. The van der Waals surface area contributed by atoms with Gasteiger partial charge in [-0.05, 0) is 36.4 Å². The molecule has 7 heteroatoms. The Bertz CT molecular complexity index is 707. The van der Waals surface area contributed by atoms with Crippen LogP contribution >= 0.6 is 23.4 Å². The number of anilines is 2. The summed E-state index contributed by atoms with van der Waals surface area (Å²) in [5.41, 5.74) is 1.43. The van der Waals surface area contributed by atoms with Crippen molar-refractivity contribution in [2.24, 2.45) is 0 Å². The second-order valence-electron chi connectivity index (χ2n) is 4.83. The summed E-state index contributed by atoms with van der Waals surface area (Å²) < 4.78 is 0. The van der Waals surface area contributed by atoms with E-state index in [0.29, 0.717) is 27.7 Å². The third kappa shape index (κ3) is 5.56. The summed E-state index contributed by atoms with van der Waals surface area (Å²) in [6, 6.07) is 13.6. The second kappa shape index (κ2) is 9.32. The molecule has 0 atom stereocenters. The molecular weight excluding hydrogens is 348 g/mol. The van der Waals surface area contributed by atoms with Gasteiger partial charge in [-0.25, -0.2) is 0 Å². The molecule has 0 saturated carbocycles. The molecule has 2 amide bonds. The zero-order valence-electron chi connectivity index (χ0n) is 12.8. The molecule has 0 aliphatic rings. The van der Waals surface area contributed by atoms with Gasteiger partial charge in [0.25, 0.3) is 5.91 Å². The van der Waals surface area contributed by atoms with Crippen molar-refractivity contribution in [3.63, 3.8) is 0 Å². The number of halogens is 1. The number of benzene rings is 2. The molecule has 0 unspecified atom stereocenters. The van der Waals surface area contributed by atoms with Crippen molar-refractivity contribution in [3.8, 4) is 0 Å². The SMILES string of the molecule is O=C(CSCCO)Nc1ccccc1C(=O)Nc1ccc(Cl)cc1. The predicted molar refractivity (Wildman–Crippen MR) is 98.9 cm³/mol. The van der Waals surface area contributed by atoms with Gasteiger partial charge in [0.2, 0.25) is 5.91 Å². The lowest BCUT2D eigenvalue weighted by Crippen LogP contribution is -2.19. The van der Waals surface area contributed by atoms with Gasteiger partial charge < -0.3 is 15.7 Å². The lowest BCUT2D eigenvalue weighted by molar-refractivity contribution is -0.113. The molecule has 0 spiro atoms. The molecular formula is C17H17ClN2O3S. The maximum atomic E-state index is 12.4. The monoisotopic (exact) mass is 364 g/mol. The quantitative estimate of drug-likeness (QED) is 0.659. The minimum Gasteiger partial charge on any atom is -0.396 e. The number of aliphatic hydroxyl groups is 1. The molecule has 24 heavy (non-hydrogen) atoms. The number of hydrogen-bond donors (Lipinski definition) is 3. The van der Waals surface area contributed by atoms with E-state index in [1.165, 1.54) is 11.8 Å². The molecule has 0 fully saturated rings. The lowest BCUT2D eigenvalue weighted by Gasteiger charge is -2.11. The van der Waals surface area contributed by atoms with Gasteiger partial charge in [0.15, 0.2) is 0 Å². The highest BCUT2D eigenvalue weighted by Gasteiger charge is 2.13. The van der Waals surface area contributed by atoms with E-state index in [9.17, 15) is 9.59 Å². The fourth-order valence-electron chi connectivity index (χ4n) is 1.94. The minimum atomic E-state index is -0.323. The van der Waals surface area contributed by atoms with Crippen molar-refractivity contribution in [3.05, 3.63) is 59.1 Å². The standard InChI is InChI=1S/C17H17ClN2O3S/c18-12-5-7-13(8-6-12)19-17(23)14-3-1-2-4-15(14)20-16(22)11-24-10-9-21/h1-8,21H,9-11H2,(H,19,23)(H,20,22).